The zero-order valence-corrected chi connectivity index (χ0v) is 16.5. The number of nitrogens with zero attached hydrogens (tertiary/aromatic N) is 2. The van der Waals surface area contributed by atoms with Gasteiger partial charge in [0.15, 0.2) is 0 Å². The van der Waals surface area contributed by atoms with Gasteiger partial charge in [0, 0.05) is 45.5 Å². The van der Waals surface area contributed by atoms with Gasteiger partial charge in [-0.25, -0.2) is 0 Å². The summed E-state index contributed by atoms with van der Waals surface area (Å²) in [6.07, 6.45) is 0. The lowest BCUT2D eigenvalue weighted by atomic mass is 9.77. The smallest absolute Gasteiger partial charge is 0.141 e. The molecule has 4 nitrogen and oxygen atoms in total. The van der Waals surface area contributed by atoms with Crippen LogP contribution in [-0.4, -0.2) is 39.8 Å². The number of anilines is 2. The van der Waals surface area contributed by atoms with E-state index in [1.54, 1.807) is 0 Å². The molecule has 0 aliphatic rings. The van der Waals surface area contributed by atoms with Crippen molar-refractivity contribution >= 4 is 22.9 Å². The summed E-state index contributed by atoms with van der Waals surface area (Å²) >= 11 is 0. The number of carbonyl (C=O) groups is 2. The molecule has 0 spiro atoms. The van der Waals surface area contributed by atoms with Crippen LogP contribution in [0.5, 0.6) is 0 Å². The average molecular weight is 352 g/mol. The molecule has 0 bridgehead atoms. The Labute approximate surface area is 156 Å². The van der Waals surface area contributed by atoms with Gasteiger partial charge in [0.2, 0.25) is 0 Å². The minimum absolute atomic E-state index is 0.101. The first-order valence-electron chi connectivity index (χ1n) is 8.78. The molecule has 0 heterocycles. The van der Waals surface area contributed by atoms with Gasteiger partial charge in [-0.2, -0.15) is 0 Å². The molecule has 0 saturated heterocycles. The van der Waals surface area contributed by atoms with Crippen LogP contribution in [0.1, 0.15) is 30.9 Å². The van der Waals surface area contributed by atoms with Crippen LogP contribution in [0.4, 0.5) is 11.4 Å². The van der Waals surface area contributed by atoms with E-state index in [-0.39, 0.29) is 17.5 Å². The molecule has 0 amide bonds. The molecule has 0 aliphatic heterocycles. The van der Waals surface area contributed by atoms with E-state index < -0.39 is 5.92 Å². The van der Waals surface area contributed by atoms with E-state index in [1.165, 1.54) is 13.8 Å². The number of ketones is 2. The highest BCUT2D eigenvalue weighted by Crippen LogP contribution is 2.35. The van der Waals surface area contributed by atoms with Crippen molar-refractivity contribution in [3.8, 4) is 0 Å². The van der Waals surface area contributed by atoms with Crippen molar-refractivity contribution in [2.75, 3.05) is 38.0 Å². The first-order chi connectivity index (χ1) is 12.2. The third-order valence-corrected chi connectivity index (χ3v) is 4.75. The number of Topliss-reactive ketones (excluding diaryl/α,β-unsaturated/α-hetero) is 2. The van der Waals surface area contributed by atoms with E-state index in [0.717, 1.165) is 22.5 Å². The zero-order valence-electron chi connectivity index (χ0n) is 16.5. The van der Waals surface area contributed by atoms with Gasteiger partial charge in [0.05, 0.1) is 5.92 Å². The number of rotatable bonds is 7. The minimum Gasteiger partial charge on any atom is -0.378 e. The fourth-order valence-electron chi connectivity index (χ4n) is 3.29. The van der Waals surface area contributed by atoms with Gasteiger partial charge in [-0.05, 0) is 49.2 Å². The van der Waals surface area contributed by atoms with Crippen molar-refractivity contribution in [1.29, 1.82) is 0 Å². The first-order valence-corrected chi connectivity index (χ1v) is 8.78. The van der Waals surface area contributed by atoms with E-state index in [4.69, 9.17) is 0 Å². The normalized spacial score (nSPS) is 10.9. The summed E-state index contributed by atoms with van der Waals surface area (Å²) in [5, 5.41) is 0. The largest absolute Gasteiger partial charge is 0.378 e. The SMILES string of the molecule is CC(=O)C(C(C)=O)C(c1ccc(N(C)C)cc1)c1ccc(N(C)C)cc1. The highest BCUT2D eigenvalue weighted by molar-refractivity contribution is 6.01. The Morgan fingerprint density at radius 3 is 1.19 bits per heavy atom. The second kappa shape index (κ2) is 8.17. The molecule has 26 heavy (non-hydrogen) atoms. The Morgan fingerprint density at radius 1 is 0.654 bits per heavy atom. The summed E-state index contributed by atoms with van der Waals surface area (Å²) < 4.78 is 0. The van der Waals surface area contributed by atoms with Crippen molar-refractivity contribution < 1.29 is 9.59 Å². The molecule has 0 saturated carbocycles. The monoisotopic (exact) mass is 352 g/mol. The van der Waals surface area contributed by atoms with Crippen molar-refractivity contribution in [1.82, 2.24) is 0 Å². The predicted octanol–water partition coefficient (Wildman–Crippen LogP) is 3.74. The minimum atomic E-state index is -0.676. The van der Waals surface area contributed by atoms with Crippen LogP contribution in [0.2, 0.25) is 0 Å². The molecule has 2 rings (SSSR count). The van der Waals surface area contributed by atoms with Gasteiger partial charge in [-0.15, -0.1) is 0 Å². The van der Waals surface area contributed by atoms with Crippen molar-refractivity contribution in [2.45, 2.75) is 19.8 Å². The molecule has 0 fully saturated rings. The molecular formula is C22H28N2O2. The maximum absolute atomic E-state index is 12.3. The quantitative estimate of drug-likeness (QED) is 0.712. The summed E-state index contributed by atoms with van der Waals surface area (Å²) in [5.41, 5.74) is 4.11. The molecule has 0 aliphatic carbocycles. The molecular weight excluding hydrogens is 324 g/mol. The molecule has 0 N–H and O–H groups in total. The molecule has 4 heteroatoms. The standard InChI is InChI=1S/C22H28N2O2/c1-15(25)21(16(2)26)22(17-7-11-19(12-8-17)23(3)4)18-9-13-20(14-10-18)24(5)6/h7-14,21-22H,1-6H3. The fraction of sp³-hybridized carbons (Fsp3) is 0.364. The van der Waals surface area contributed by atoms with Crippen molar-refractivity contribution in [3.63, 3.8) is 0 Å². The lowest BCUT2D eigenvalue weighted by Gasteiger charge is -2.26. The molecule has 0 atom stereocenters. The first kappa shape index (κ1) is 19.7. The Balaban J connectivity index is 2.54. The molecule has 0 unspecified atom stereocenters. The molecule has 138 valence electrons. The van der Waals surface area contributed by atoms with Gasteiger partial charge in [-0.1, -0.05) is 24.3 Å². The number of carbonyl (C=O) groups excluding carboxylic acids is 2. The van der Waals surface area contributed by atoms with E-state index in [9.17, 15) is 9.59 Å². The third-order valence-electron chi connectivity index (χ3n) is 4.75. The lowest BCUT2D eigenvalue weighted by Crippen LogP contribution is -2.28. The zero-order chi connectivity index (χ0) is 19.4. The number of hydrogen-bond acceptors (Lipinski definition) is 4. The van der Waals surface area contributed by atoms with Crippen molar-refractivity contribution in [2.24, 2.45) is 5.92 Å². The van der Waals surface area contributed by atoms with Crippen LogP contribution in [0.3, 0.4) is 0 Å². The van der Waals surface area contributed by atoms with Gasteiger partial charge in [0.1, 0.15) is 11.6 Å². The fourth-order valence-corrected chi connectivity index (χ4v) is 3.29. The Bertz CT molecular complexity index is 696. The Kier molecular flexibility index (Phi) is 6.19. The molecule has 2 aromatic rings. The Hall–Kier alpha value is -2.62. The average Bonchev–Trinajstić information content (AvgIpc) is 2.59. The summed E-state index contributed by atoms with van der Waals surface area (Å²) in [6.45, 7) is 3.00. The van der Waals surface area contributed by atoms with E-state index in [2.05, 4.69) is 0 Å². The number of benzene rings is 2. The summed E-state index contributed by atoms with van der Waals surface area (Å²) in [7, 11) is 7.95. The third kappa shape index (κ3) is 4.31. The highest BCUT2D eigenvalue weighted by atomic mass is 16.1. The topological polar surface area (TPSA) is 40.6 Å². The van der Waals surface area contributed by atoms with Crippen molar-refractivity contribution in [3.05, 3.63) is 59.7 Å². The van der Waals surface area contributed by atoms with Gasteiger partial charge >= 0.3 is 0 Å². The summed E-state index contributed by atoms with van der Waals surface area (Å²) in [6, 6.07) is 16.1. The highest BCUT2D eigenvalue weighted by Gasteiger charge is 2.32. The predicted molar refractivity (Wildman–Crippen MR) is 108 cm³/mol. The van der Waals surface area contributed by atoms with Crippen LogP contribution in [0, 0.1) is 5.92 Å². The van der Waals surface area contributed by atoms with Crippen LogP contribution in [0.25, 0.3) is 0 Å². The van der Waals surface area contributed by atoms with Crippen LogP contribution in [-0.2, 0) is 9.59 Å². The Morgan fingerprint density at radius 2 is 0.962 bits per heavy atom. The summed E-state index contributed by atoms with van der Waals surface area (Å²) in [4.78, 5) is 28.6. The maximum atomic E-state index is 12.3. The lowest BCUT2D eigenvalue weighted by molar-refractivity contribution is -0.130. The van der Waals surface area contributed by atoms with Gasteiger partial charge in [0.25, 0.3) is 0 Å². The van der Waals surface area contributed by atoms with Crippen LogP contribution >= 0.6 is 0 Å². The molecule has 0 aromatic heterocycles. The van der Waals surface area contributed by atoms with Crippen LogP contribution < -0.4 is 9.80 Å². The van der Waals surface area contributed by atoms with Gasteiger partial charge < -0.3 is 9.80 Å². The maximum Gasteiger partial charge on any atom is 0.141 e. The van der Waals surface area contributed by atoms with E-state index in [0.29, 0.717) is 0 Å². The summed E-state index contributed by atoms with van der Waals surface area (Å²) in [5.74, 6) is -1.16. The second-order valence-corrected chi connectivity index (χ2v) is 7.15. The molecule has 2 aromatic carbocycles. The van der Waals surface area contributed by atoms with Crippen LogP contribution in [0.15, 0.2) is 48.5 Å². The van der Waals surface area contributed by atoms with E-state index >= 15 is 0 Å². The van der Waals surface area contributed by atoms with E-state index in [1.807, 2.05) is 86.5 Å². The molecule has 0 radical (unpaired) electrons. The number of hydrogen-bond donors (Lipinski definition) is 0. The van der Waals surface area contributed by atoms with Gasteiger partial charge in [-0.3, -0.25) is 9.59 Å². The second-order valence-electron chi connectivity index (χ2n) is 7.15.